The lowest BCUT2D eigenvalue weighted by Gasteiger charge is -2.17. The molecule has 3 atom stereocenters. The van der Waals surface area contributed by atoms with Crippen molar-refractivity contribution in [2.45, 2.75) is 85.4 Å². The highest BCUT2D eigenvalue weighted by Crippen LogP contribution is 2.40. The van der Waals surface area contributed by atoms with Gasteiger partial charge >= 0.3 is 0 Å². The van der Waals surface area contributed by atoms with Crippen LogP contribution < -0.4 is 0 Å². The van der Waals surface area contributed by atoms with E-state index in [0.29, 0.717) is 12.2 Å². The molecular weight excluding hydrogens is 184 g/mol. The summed E-state index contributed by atoms with van der Waals surface area (Å²) in [6, 6.07) is 0. The maximum Gasteiger partial charge on any atom is 0.0844 e. The third-order valence-corrected chi connectivity index (χ3v) is 2.81. The molecule has 1 saturated carbocycles. The summed E-state index contributed by atoms with van der Waals surface area (Å²) in [6.07, 6.45) is 9.52. The van der Waals surface area contributed by atoms with Gasteiger partial charge in [-0.15, -0.1) is 0 Å². The number of hydrogen-bond acceptors (Lipinski definition) is 1. The van der Waals surface area contributed by atoms with Crippen molar-refractivity contribution in [1.29, 1.82) is 0 Å². The second-order valence-corrected chi connectivity index (χ2v) is 4.39. The van der Waals surface area contributed by atoms with Crippen molar-refractivity contribution in [3.63, 3.8) is 0 Å². The molecule has 0 aromatic carbocycles. The summed E-state index contributed by atoms with van der Waals surface area (Å²) in [5.41, 5.74) is 0. The normalized spacial score (nSPS) is 31.4. The molecule has 2 rings (SSSR count). The van der Waals surface area contributed by atoms with Crippen LogP contribution in [0.2, 0.25) is 0 Å². The minimum absolute atomic E-state index is 0.685. The molecule has 15 heavy (non-hydrogen) atoms. The minimum atomic E-state index is 0.685. The van der Waals surface area contributed by atoms with Gasteiger partial charge in [0.25, 0.3) is 0 Å². The molecule has 1 nitrogen and oxygen atoms in total. The van der Waals surface area contributed by atoms with E-state index in [2.05, 4.69) is 20.8 Å². The molecule has 1 heteroatoms. The van der Waals surface area contributed by atoms with E-state index in [1.54, 1.807) is 0 Å². The van der Waals surface area contributed by atoms with E-state index >= 15 is 0 Å². The molecule has 0 aromatic heterocycles. The van der Waals surface area contributed by atoms with E-state index in [9.17, 15) is 0 Å². The van der Waals surface area contributed by atoms with Gasteiger partial charge in [-0.25, -0.2) is 0 Å². The lowest BCUT2D eigenvalue weighted by atomic mass is 9.86. The highest BCUT2D eigenvalue weighted by atomic mass is 16.6. The first-order valence-electron chi connectivity index (χ1n) is 6.97. The molecular formula is C14H30O. The molecule has 1 aliphatic heterocycles. The third-order valence-electron chi connectivity index (χ3n) is 2.81. The van der Waals surface area contributed by atoms with Crippen LogP contribution in [0.1, 0.15) is 73.1 Å². The van der Waals surface area contributed by atoms with Gasteiger partial charge in [0.1, 0.15) is 0 Å². The van der Waals surface area contributed by atoms with Gasteiger partial charge in [-0.1, -0.05) is 53.9 Å². The highest BCUT2D eigenvalue weighted by Gasteiger charge is 2.43. The van der Waals surface area contributed by atoms with Gasteiger partial charge in [0.15, 0.2) is 0 Å². The number of epoxide rings is 1. The monoisotopic (exact) mass is 214 g/mol. The maximum atomic E-state index is 5.45. The van der Waals surface area contributed by atoms with Crippen LogP contribution in [0.15, 0.2) is 0 Å². The molecule has 1 heterocycles. The van der Waals surface area contributed by atoms with Crippen molar-refractivity contribution in [3.05, 3.63) is 0 Å². The first-order chi connectivity index (χ1) is 7.31. The molecule has 3 unspecified atom stereocenters. The summed E-state index contributed by atoms with van der Waals surface area (Å²) in [6.45, 7) is 10.5. The Kier molecular flexibility index (Phi) is 9.18. The summed E-state index contributed by atoms with van der Waals surface area (Å²) in [7, 11) is 0. The quantitative estimate of drug-likeness (QED) is 0.602. The lowest BCUT2D eigenvalue weighted by Crippen LogP contribution is -2.12. The molecule has 92 valence electrons. The van der Waals surface area contributed by atoms with Crippen LogP contribution in [0.3, 0.4) is 0 Å². The SMILES string of the molecule is CC.CCC.CCCC1CCC2OC2C1. The first-order valence-corrected chi connectivity index (χ1v) is 6.97. The Balaban J connectivity index is 0.000000342. The second kappa shape index (κ2) is 9.21. The Morgan fingerprint density at radius 2 is 1.60 bits per heavy atom. The topological polar surface area (TPSA) is 12.5 Å². The number of hydrogen-bond donors (Lipinski definition) is 0. The molecule has 0 spiro atoms. The van der Waals surface area contributed by atoms with Crippen molar-refractivity contribution < 1.29 is 4.74 Å². The van der Waals surface area contributed by atoms with Crippen LogP contribution in [0.5, 0.6) is 0 Å². The third kappa shape index (κ3) is 6.19. The molecule has 0 amide bonds. The van der Waals surface area contributed by atoms with Crippen molar-refractivity contribution >= 4 is 0 Å². The molecule has 1 aliphatic carbocycles. The van der Waals surface area contributed by atoms with Crippen LogP contribution in [0, 0.1) is 5.92 Å². The fourth-order valence-corrected chi connectivity index (χ4v) is 2.16. The Morgan fingerprint density at radius 1 is 1.00 bits per heavy atom. The van der Waals surface area contributed by atoms with E-state index in [-0.39, 0.29) is 0 Å². The predicted octanol–water partition coefficient (Wildman–Crippen LogP) is 4.80. The maximum absolute atomic E-state index is 5.45. The molecule has 2 aliphatic rings. The van der Waals surface area contributed by atoms with Crippen molar-refractivity contribution in [2.24, 2.45) is 5.92 Å². The number of fused-ring (bicyclic) bond motifs is 1. The predicted molar refractivity (Wildman–Crippen MR) is 68.2 cm³/mol. The minimum Gasteiger partial charge on any atom is -0.370 e. The Bertz CT molecular complexity index is 133. The second-order valence-electron chi connectivity index (χ2n) is 4.39. The van der Waals surface area contributed by atoms with Gasteiger partial charge in [-0.3, -0.25) is 0 Å². The first kappa shape index (κ1) is 15.0. The largest absolute Gasteiger partial charge is 0.370 e. The lowest BCUT2D eigenvalue weighted by molar-refractivity contribution is 0.350. The molecule has 1 saturated heterocycles. The van der Waals surface area contributed by atoms with Crippen LogP contribution in [-0.4, -0.2) is 12.2 Å². The Labute approximate surface area is 96.6 Å². The van der Waals surface area contributed by atoms with Crippen molar-refractivity contribution in [1.82, 2.24) is 0 Å². The van der Waals surface area contributed by atoms with Crippen molar-refractivity contribution in [3.8, 4) is 0 Å². The average Bonchev–Trinajstić information content (AvgIpc) is 3.01. The van der Waals surface area contributed by atoms with Gasteiger partial charge in [0.2, 0.25) is 0 Å². The standard InChI is InChI=1S/C9H16O.C3H8.C2H6/c1-2-3-7-4-5-8-9(6-7)10-8;1-3-2;1-2/h7-9H,2-6H2,1H3;3H2,1-2H3;1-2H3. The molecule has 0 aromatic rings. The van der Waals surface area contributed by atoms with Crippen LogP contribution in [0.25, 0.3) is 0 Å². The fourth-order valence-electron chi connectivity index (χ4n) is 2.16. The molecule has 0 bridgehead atoms. The van der Waals surface area contributed by atoms with Crippen LogP contribution in [0.4, 0.5) is 0 Å². The Hall–Kier alpha value is -0.0400. The van der Waals surface area contributed by atoms with Gasteiger partial charge in [-0.2, -0.15) is 0 Å². The highest BCUT2D eigenvalue weighted by molar-refractivity contribution is 4.91. The fraction of sp³-hybridized carbons (Fsp3) is 1.00. The summed E-state index contributed by atoms with van der Waals surface area (Å²) >= 11 is 0. The molecule has 0 radical (unpaired) electrons. The summed E-state index contributed by atoms with van der Waals surface area (Å²) in [5.74, 6) is 0.994. The van der Waals surface area contributed by atoms with Gasteiger partial charge in [0, 0.05) is 0 Å². The summed E-state index contributed by atoms with van der Waals surface area (Å²) in [4.78, 5) is 0. The zero-order chi connectivity index (χ0) is 11.7. The Morgan fingerprint density at radius 3 is 2.07 bits per heavy atom. The van der Waals surface area contributed by atoms with E-state index < -0.39 is 0 Å². The number of ether oxygens (including phenoxy) is 1. The van der Waals surface area contributed by atoms with E-state index in [4.69, 9.17) is 4.74 Å². The molecule has 0 N–H and O–H groups in total. The summed E-state index contributed by atoms with van der Waals surface area (Å²) in [5, 5.41) is 0. The average molecular weight is 214 g/mol. The van der Waals surface area contributed by atoms with Gasteiger partial charge < -0.3 is 4.74 Å². The summed E-state index contributed by atoms with van der Waals surface area (Å²) < 4.78 is 5.45. The van der Waals surface area contributed by atoms with Crippen LogP contribution in [-0.2, 0) is 4.74 Å². The van der Waals surface area contributed by atoms with Crippen molar-refractivity contribution in [2.75, 3.05) is 0 Å². The van der Waals surface area contributed by atoms with E-state index in [1.165, 1.54) is 38.5 Å². The van der Waals surface area contributed by atoms with E-state index in [0.717, 1.165) is 5.92 Å². The van der Waals surface area contributed by atoms with Gasteiger partial charge in [-0.05, 0) is 25.2 Å². The number of rotatable bonds is 2. The zero-order valence-corrected chi connectivity index (χ0v) is 11.4. The van der Waals surface area contributed by atoms with E-state index in [1.807, 2.05) is 13.8 Å². The van der Waals surface area contributed by atoms with Crippen LogP contribution >= 0.6 is 0 Å². The zero-order valence-electron chi connectivity index (χ0n) is 11.4. The van der Waals surface area contributed by atoms with Gasteiger partial charge in [0.05, 0.1) is 12.2 Å². The molecule has 2 fully saturated rings. The smallest absolute Gasteiger partial charge is 0.0844 e.